The first-order valence-electron chi connectivity index (χ1n) is 4.34. The molecule has 0 aliphatic heterocycles. The van der Waals surface area contributed by atoms with Gasteiger partial charge in [0.2, 0.25) is 0 Å². The largest absolute Gasteiger partial charge is 0.354 e. The number of nitro groups is 1. The van der Waals surface area contributed by atoms with E-state index in [1.54, 1.807) is 18.1 Å². The maximum atomic E-state index is 10.4. The van der Waals surface area contributed by atoms with Crippen LogP contribution in [0, 0.1) is 10.1 Å². The van der Waals surface area contributed by atoms with Crippen LogP contribution in [0.2, 0.25) is 0 Å². The molecule has 0 radical (unpaired) electrons. The van der Waals surface area contributed by atoms with Crippen molar-refractivity contribution < 1.29 is 4.92 Å². The molecule has 0 saturated carbocycles. The second-order valence-electron chi connectivity index (χ2n) is 2.95. The highest BCUT2D eigenvalue weighted by molar-refractivity contribution is 7.18. The molecule has 0 saturated heterocycles. The van der Waals surface area contributed by atoms with Gasteiger partial charge in [0.25, 0.3) is 0 Å². The molecular weight excluding hydrogens is 232 g/mol. The summed E-state index contributed by atoms with van der Waals surface area (Å²) in [6, 6.07) is 0. The second-order valence-corrected chi connectivity index (χ2v) is 3.96. The molecule has 0 atom stereocenters. The van der Waals surface area contributed by atoms with Crippen LogP contribution in [0.4, 0.5) is 10.1 Å². The number of hydrogen-bond acceptors (Lipinski definition) is 7. The normalized spacial score (nSPS) is 10.3. The average molecular weight is 240 g/mol. The predicted octanol–water partition coefficient (Wildman–Crippen LogP) is 0.792. The lowest BCUT2D eigenvalue weighted by Gasteiger charge is -1.96. The lowest BCUT2D eigenvalue weighted by Crippen LogP contribution is -2.01. The Morgan fingerprint density at radius 2 is 2.44 bits per heavy atom. The lowest BCUT2D eigenvalue weighted by atomic mass is 10.6. The number of anilines is 1. The van der Waals surface area contributed by atoms with E-state index >= 15 is 0 Å². The van der Waals surface area contributed by atoms with Crippen LogP contribution in [0.5, 0.6) is 0 Å². The number of hydrogen-bond donors (Lipinski definition) is 1. The Bertz CT molecular complexity index is 506. The van der Waals surface area contributed by atoms with Crippen molar-refractivity contribution in [3.05, 3.63) is 28.5 Å². The van der Waals surface area contributed by atoms with E-state index in [0.29, 0.717) is 17.5 Å². The van der Waals surface area contributed by atoms with Crippen molar-refractivity contribution in [2.75, 3.05) is 5.32 Å². The van der Waals surface area contributed by atoms with E-state index in [4.69, 9.17) is 0 Å². The van der Waals surface area contributed by atoms with Crippen LogP contribution >= 0.6 is 11.3 Å². The molecule has 0 spiro atoms. The first-order valence-corrected chi connectivity index (χ1v) is 5.15. The second kappa shape index (κ2) is 4.23. The molecule has 9 heteroatoms. The van der Waals surface area contributed by atoms with Crippen molar-refractivity contribution in [2.24, 2.45) is 7.05 Å². The number of nitrogens with zero attached hydrogens (tertiary/aromatic N) is 5. The van der Waals surface area contributed by atoms with Gasteiger partial charge < -0.3 is 5.32 Å². The summed E-state index contributed by atoms with van der Waals surface area (Å²) < 4.78 is 1.58. The molecular formula is C7H8N6O2S. The quantitative estimate of drug-likeness (QED) is 0.626. The molecule has 0 aliphatic rings. The SMILES string of the molecule is Cn1cnc(CNc2ncc([N+](=O)[O-])s2)n1. The smallest absolute Gasteiger partial charge is 0.345 e. The molecule has 0 fully saturated rings. The van der Waals surface area contributed by atoms with E-state index in [1.165, 1.54) is 6.20 Å². The molecule has 0 amide bonds. The van der Waals surface area contributed by atoms with Gasteiger partial charge in [-0.1, -0.05) is 0 Å². The van der Waals surface area contributed by atoms with E-state index in [-0.39, 0.29) is 5.00 Å². The summed E-state index contributed by atoms with van der Waals surface area (Å²) in [5.74, 6) is 0.611. The first-order chi connectivity index (χ1) is 7.65. The topological polar surface area (TPSA) is 98.8 Å². The minimum atomic E-state index is -0.470. The molecule has 0 unspecified atom stereocenters. The van der Waals surface area contributed by atoms with Crippen molar-refractivity contribution in [2.45, 2.75) is 6.54 Å². The third-order valence-electron chi connectivity index (χ3n) is 1.72. The Labute approximate surface area is 94.1 Å². The molecule has 2 rings (SSSR count). The van der Waals surface area contributed by atoms with Crippen LogP contribution in [0.1, 0.15) is 5.82 Å². The molecule has 1 N–H and O–H groups in total. The van der Waals surface area contributed by atoms with Gasteiger partial charge in [-0.05, 0) is 11.3 Å². The molecule has 2 aromatic heterocycles. The summed E-state index contributed by atoms with van der Waals surface area (Å²) in [5, 5.41) is 17.9. The lowest BCUT2D eigenvalue weighted by molar-refractivity contribution is -0.380. The number of nitrogens with one attached hydrogen (secondary N) is 1. The standard InChI is InChI=1S/C7H8N6O2S/c1-12-4-10-5(11-12)2-8-7-9-3-6(16-7)13(14)15/h3-4H,2H2,1H3,(H,8,9). The summed E-state index contributed by atoms with van der Waals surface area (Å²) >= 11 is 0.983. The van der Waals surface area contributed by atoms with Gasteiger partial charge >= 0.3 is 5.00 Å². The highest BCUT2D eigenvalue weighted by atomic mass is 32.1. The maximum Gasteiger partial charge on any atom is 0.345 e. The van der Waals surface area contributed by atoms with Gasteiger partial charge in [0.1, 0.15) is 12.5 Å². The van der Waals surface area contributed by atoms with E-state index in [2.05, 4.69) is 20.4 Å². The van der Waals surface area contributed by atoms with Gasteiger partial charge in [-0.15, -0.1) is 0 Å². The zero-order chi connectivity index (χ0) is 11.5. The van der Waals surface area contributed by atoms with Gasteiger partial charge in [0.05, 0.1) is 11.5 Å². The van der Waals surface area contributed by atoms with Crippen LogP contribution < -0.4 is 5.32 Å². The van der Waals surface area contributed by atoms with Crippen molar-refractivity contribution >= 4 is 21.5 Å². The monoisotopic (exact) mass is 240 g/mol. The number of thiazole rings is 1. The molecule has 16 heavy (non-hydrogen) atoms. The zero-order valence-electron chi connectivity index (χ0n) is 8.32. The minimum absolute atomic E-state index is 0.0106. The van der Waals surface area contributed by atoms with Crippen molar-refractivity contribution in [3.8, 4) is 0 Å². The number of aromatic nitrogens is 4. The molecule has 2 heterocycles. The molecule has 2 aromatic rings. The van der Waals surface area contributed by atoms with Crippen LogP contribution in [0.15, 0.2) is 12.5 Å². The van der Waals surface area contributed by atoms with Crippen LogP contribution in [-0.2, 0) is 13.6 Å². The Hall–Kier alpha value is -2.03. The number of rotatable bonds is 4. The van der Waals surface area contributed by atoms with Gasteiger partial charge in [0.15, 0.2) is 11.0 Å². The summed E-state index contributed by atoms with van der Waals surface area (Å²) in [6.45, 7) is 0.394. The van der Waals surface area contributed by atoms with E-state index < -0.39 is 4.92 Å². The van der Waals surface area contributed by atoms with Crippen molar-refractivity contribution in [1.29, 1.82) is 0 Å². The Kier molecular flexibility index (Phi) is 2.77. The fourth-order valence-corrected chi connectivity index (χ4v) is 1.68. The van der Waals surface area contributed by atoms with Crippen LogP contribution in [0.25, 0.3) is 0 Å². The third kappa shape index (κ3) is 2.31. The van der Waals surface area contributed by atoms with Crippen LogP contribution in [0.3, 0.4) is 0 Å². The number of aryl methyl sites for hydroxylation is 1. The van der Waals surface area contributed by atoms with E-state index in [0.717, 1.165) is 11.3 Å². The summed E-state index contributed by atoms with van der Waals surface area (Å²) in [4.78, 5) is 17.8. The molecule has 84 valence electrons. The summed E-state index contributed by atoms with van der Waals surface area (Å²) in [6.07, 6.45) is 2.81. The average Bonchev–Trinajstić information content (AvgIpc) is 2.83. The van der Waals surface area contributed by atoms with E-state index in [1.807, 2.05) is 0 Å². The van der Waals surface area contributed by atoms with Gasteiger partial charge in [0, 0.05) is 7.05 Å². The van der Waals surface area contributed by atoms with E-state index in [9.17, 15) is 10.1 Å². The Balaban J connectivity index is 1.97. The molecule has 8 nitrogen and oxygen atoms in total. The molecule has 0 aromatic carbocycles. The molecule has 0 bridgehead atoms. The fraction of sp³-hybridized carbons (Fsp3) is 0.286. The maximum absolute atomic E-state index is 10.4. The third-order valence-corrected chi connectivity index (χ3v) is 2.62. The van der Waals surface area contributed by atoms with Crippen molar-refractivity contribution in [1.82, 2.24) is 19.7 Å². The predicted molar refractivity (Wildman–Crippen MR) is 57.1 cm³/mol. The highest BCUT2D eigenvalue weighted by Gasteiger charge is 2.11. The zero-order valence-corrected chi connectivity index (χ0v) is 9.14. The Morgan fingerprint density at radius 3 is 3.00 bits per heavy atom. The Morgan fingerprint density at radius 1 is 1.62 bits per heavy atom. The summed E-state index contributed by atoms with van der Waals surface area (Å²) in [5.41, 5.74) is 0. The minimum Gasteiger partial charge on any atom is -0.354 e. The van der Waals surface area contributed by atoms with Gasteiger partial charge in [-0.25, -0.2) is 9.97 Å². The highest BCUT2D eigenvalue weighted by Crippen LogP contribution is 2.24. The summed E-state index contributed by atoms with van der Waals surface area (Å²) in [7, 11) is 1.77. The molecule has 0 aliphatic carbocycles. The first kappa shape index (κ1) is 10.5. The van der Waals surface area contributed by atoms with Gasteiger partial charge in [-0.3, -0.25) is 14.8 Å². The van der Waals surface area contributed by atoms with Crippen molar-refractivity contribution in [3.63, 3.8) is 0 Å². The van der Waals surface area contributed by atoms with Crippen LogP contribution in [-0.4, -0.2) is 24.7 Å². The van der Waals surface area contributed by atoms with Gasteiger partial charge in [-0.2, -0.15) is 5.10 Å². The fourth-order valence-electron chi connectivity index (χ4n) is 1.05.